The molecule has 0 heterocycles. The van der Waals surface area contributed by atoms with Crippen LogP contribution in [0.5, 0.6) is 11.5 Å². The quantitative estimate of drug-likeness (QED) is 0.419. The highest BCUT2D eigenvalue weighted by Crippen LogP contribution is 2.33. The number of rotatable bonds is 8. The van der Waals surface area contributed by atoms with Crippen LogP contribution in [0.25, 0.3) is 0 Å². The number of benzene rings is 1. The lowest BCUT2D eigenvalue weighted by molar-refractivity contribution is -0.117. The molecule has 0 fully saturated rings. The third-order valence-corrected chi connectivity index (χ3v) is 5.63. The van der Waals surface area contributed by atoms with Crippen LogP contribution in [0.15, 0.2) is 12.1 Å². The fraction of sp³-hybridized carbons (Fsp3) is 0.562. The van der Waals surface area contributed by atoms with Crippen LogP contribution in [0.3, 0.4) is 0 Å². The van der Waals surface area contributed by atoms with Crippen molar-refractivity contribution in [3.05, 3.63) is 17.7 Å². The summed E-state index contributed by atoms with van der Waals surface area (Å²) in [5, 5.41) is 21.2. The molecule has 0 saturated carbocycles. The van der Waals surface area contributed by atoms with Crippen molar-refractivity contribution in [1.29, 1.82) is 0 Å². The van der Waals surface area contributed by atoms with Crippen molar-refractivity contribution in [1.82, 2.24) is 4.72 Å². The minimum absolute atomic E-state index is 0.00844. The summed E-state index contributed by atoms with van der Waals surface area (Å²) in [5.41, 5.74) is 0.823. The Hall–Kier alpha value is -1.80. The number of nitrogens with one attached hydrogen (secondary N) is 2. The minimum atomic E-state index is -3.29. The van der Waals surface area contributed by atoms with Gasteiger partial charge in [0.2, 0.25) is 15.9 Å². The van der Waals surface area contributed by atoms with Crippen molar-refractivity contribution in [3.63, 3.8) is 0 Å². The standard InChI is InChI=1S/C16H26N2O5S/c1-10(2)24(22,23)17-8-7-11(3)9-15(20)18-13-5-6-14(19)16(21)12(13)4/h5-6,10-11,17,19,21H,7-9H2,1-4H3,(H,18,20). The number of sulfonamides is 1. The van der Waals surface area contributed by atoms with Crippen LogP contribution in [-0.2, 0) is 14.8 Å². The van der Waals surface area contributed by atoms with Crippen LogP contribution in [0.1, 0.15) is 39.2 Å². The Morgan fingerprint density at radius 2 is 1.83 bits per heavy atom. The highest BCUT2D eigenvalue weighted by Gasteiger charge is 2.17. The van der Waals surface area contributed by atoms with E-state index in [-0.39, 0.29) is 36.3 Å². The molecule has 1 rings (SSSR count). The van der Waals surface area contributed by atoms with Crippen molar-refractivity contribution in [2.45, 2.75) is 45.8 Å². The molecule has 0 aliphatic carbocycles. The molecule has 1 amide bonds. The molecule has 0 radical (unpaired) electrons. The average Bonchev–Trinajstić information content (AvgIpc) is 2.47. The molecule has 0 aliphatic heterocycles. The molecule has 0 spiro atoms. The molecule has 1 aromatic rings. The molecular formula is C16H26N2O5S. The highest BCUT2D eigenvalue weighted by molar-refractivity contribution is 7.90. The monoisotopic (exact) mass is 358 g/mol. The van der Waals surface area contributed by atoms with Crippen molar-refractivity contribution >= 4 is 21.6 Å². The summed E-state index contributed by atoms with van der Waals surface area (Å²) in [4.78, 5) is 12.0. The summed E-state index contributed by atoms with van der Waals surface area (Å²) in [6.07, 6.45) is 0.768. The maximum Gasteiger partial charge on any atom is 0.224 e. The number of anilines is 1. The van der Waals surface area contributed by atoms with Crippen LogP contribution < -0.4 is 10.0 Å². The summed E-state index contributed by atoms with van der Waals surface area (Å²) in [7, 11) is -3.29. The van der Waals surface area contributed by atoms with E-state index in [4.69, 9.17) is 0 Å². The molecular weight excluding hydrogens is 332 g/mol. The summed E-state index contributed by atoms with van der Waals surface area (Å²) in [6, 6.07) is 2.83. The second-order valence-corrected chi connectivity index (χ2v) is 8.56. The Balaban J connectivity index is 2.49. The van der Waals surface area contributed by atoms with E-state index in [0.717, 1.165) is 0 Å². The lowest BCUT2D eigenvalue weighted by Crippen LogP contribution is -2.32. The largest absolute Gasteiger partial charge is 0.504 e. The summed E-state index contributed by atoms with van der Waals surface area (Å²) < 4.78 is 25.8. The van der Waals surface area contributed by atoms with Gasteiger partial charge in [0.05, 0.1) is 5.25 Å². The van der Waals surface area contributed by atoms with Crippen LogP contribution in [0.4, 0.5) is 5.69 Å². The van der Waals surface area contributed by atoms with Gasteiger partial charge in [-0.05, 0) is 45.2 Å². The first-order valence-corrected chi connectivity index (χ1v) is 9.39. The van der Waals surface area contributed by atoms with Gasteiger partial charge in [-0.15, -0.1) is 0 Å². The minimum Gasteiger partial charge on any atom is -0.504 e. The Labute approximate surface area is 143 Å². The van der Waals surface area contributed by atoms with Crippen LogP contribution in [0, 0.1) is 12.8 Å². The number of phenolic OH excluding ortho intramolecular Hbond substituents is 2. The van der Waals surface area contributed by atoms with Gasteiger partial charge in [-0.3, -0.25) is 4.79 Å². The molecule has 0 aliphatic rings. The molecule has 0 bridgehead atoms. The Morgan fingerprint density at radius 3 is 2.42 bits per heavy atom. The fourth-order valence-electron chi connectivity index (χ4n) is 2.06. The van der Waals surface area contributed by atoms with E-state index in [2.05, 4.69) is 10.0 Å². The number of amides is 1. The predicted molar refractivity (Wildman–Crippen MR) is 93.6 cm³/mol. The van der Waals surface area contributed by atoms with Crippen molar-refractivity contribution in [2.24, 2.45) is 5.92 Å². The number of carbonyl (C=O) groups excluding carboxylic acids is 1. The number of phenols is 2. The van der Waals surface area contributed by atoms with Gasteiger partial charge in [-0.2, -0.15) is 0 Å². The predicted octanol–water partition coefficient (Wildman–Crippen LogP) is 2.09. The molecule has 7 nitrogen and oxygen atoms in total. The highest BCUT2D eigenvalue weighted by atomic mass is 32.2. The second-order valence-electron chi connectivity index (χ2n) is 6.24. The normalized spacial score (nSPS) is 13.0. The van der Waals surface area contributed by atoms with Gasteiger partial charge in [0.15, 0.2) is 11.5 Å². The summed E-state index contributed by atoms with van der Waals surface area (Å²) in [5.74, 6) is -0.742. The van der Waals surface area contributed by atoms with Gasteiger partial charge < -0.3 is 15.5 Å². The molecule has 24 heavy (non-hydrogen) atoms. The third-order valence-electron chi connectivity index (χ3n) is 3.78. The SMILES string of the molecule is Cc1c(NC(=O)CC(C)CCNS(=O)(=O)C(C)C)ccc(O)c1O. The van der Waals surface area contributed by atoms with Crippen molar-refractivity contribution in [3.8, 4) is 11.5 Å². The van der Waals surface area contributed by atoms with Crippen LogP contribution in [-0.4, -0.2) is 36.3 Å². The molecule has 8 heteroatoms. The van der Waals surface area contributed by atoms with E-state index >= 15 is 0 Å². The first kappa shape index (κ1) is 20.2. The number of hydrogen-bond donors (Lipinski definition) is 4. The summed E-state index contributed by atoms with van der Waals surface area (Å²) >= 11 is 0. The number of aromatic hydroxyl groups is 2. The van der Waals surface area contributed by atoms with E-state index in [0.29, 0.717) is 17.7 Å². The van der Waals surface area contributed by atoms with Crippen molar-refractivity contribution in [2.75, 3.05) is 11.9 Å². The Morgan fingerprint density at radius 1 is 1.21 bits per heavy atom. The van der Waals surface area contributed by atoms with E-state index in [1.54, 1.807) is 20.8 Å². The first-order chi connectivity index (χ1) is 11.0. The van der Waals surface area contributed by atoms with E-state index < -0.39 is 15.3 Å². The first-order valence-electron chi connectivity index (χ1n) is 7.84. The molecule has 1 atom stereocenters. The Kier molecular flexibility index (Phi) is 7.04. The molecule has 1 unspecified atom stereocenters. The van der Waals surface area contributed by atoms with E-state index in [9.17, 15) is 23.4 Å². The fourth-order valence-corrected chi connectivity index (χ4v) is 2.79. The van der Waals surface area contributed by atoms with Gasteiger partial charge >= 0.3 is 0 Å². The smallest absolute Gasteiger partial charge is 0.224 e. The second kappa shape index (κ2) is 8.34. The Bertz CT molecular complexity index is 686. The summed E-state index contributed by atoms with van der Waals surface area (Å²) in [6.45, 7) is 6.95. The molecule has 4 N–H and O–H groups in total. The van der Waals surface area contributed by atoms with Crippen LogP contribution in [0.2, 0.25) is 0 Å². The van der Waals surface area contributed by atoms with Gasteiger partial charge in [0.1, 0.15) is 0 Å². The maximum atomic E-state index is 12.0. The maximum absolute atomic E-state index is 12.0. The number of carbonyl (C=O) groups is 1. The average molecular weight is 358 g/mol. The van der Waals surface area contributed by atoms with E-state index in [1.807, 2.05) is 6.92 Å². The molecule has 0 aromatic heterocycles. The lowest BCUT2D eigenvalue weighted by Gasteiger charge is -2.15. The third kappa shape index (κ3) is 5.68. The van der Waals surface area contributed by atoms with Gasteiger partial charge in [0.25, 0.3) is 0 Å². The molecule has 136 valence electrons. The lowest BCUT2D eigenvalue weighted by atomic mass is 10.0. The van der Waals surface area contributed by atoms with Gasteiger partial charge in [0, 0.05) is 24.2 Å². The van der Waals surface area contributed by atoms with Gasteiger partial charge in [-0.25, -0.2) is 13.1 Å². The molecule has 0 saturated heterocycles. The zero-order valence-electron chi connectivity index (χ0n) is 14.5. The van der Waals surface area contributed by atoms with E-state index in [1.165, 1.54) is 12.1 Å². The molecule has 1 aromatic carbocycles. The van der Waals surface area contributed by atoms with Crippen LogP contribution >= 0.6 is 0 Å². The zero-order valence-corrected chi connectivity index (χ0v) is 15.3. The van der Waals surface area contributed by atoms with Crippen molar-refractivity contribution < 1.29 is 23.4 Å². The van der Waals surface area contributed by atoms with Gasteiger partial charge in [-0.1, -0.05) is 6.92 Å². The topological polar surface area (TPSA) is 116 Å². The number of hydrogen-bond acceptors (Lipinski definition) is 5. The zero-order chi connectivity index (χ0) is 18.5.